The molecular formula is C23H27N3O. The van der Waals surface area contributed by atoms with Gasteiger partial charge in [0.1, 0.15) is 0 Å². The highest BCUT2D eigenvalue weighted by molar-refractivity contribution is 5.34. The number of hydrogen-bond donors (Lipinski definition) is 1. The molecule has 2 heterocycles. The molecule has 2 aromatic carbocycles. The van der Waals surface area contributed by atoms with Crippen molar-refractivity contribution in [2.75, 3.05) is 13.1 Å². The maximum Gasteiger partial charge on any atom is 0.0921 e. The fourth-order valence-corrected chi connectivity index (χ4v) is 3.84. The number of rotatable bonds is 4. The van der Waals surface area contributed by atoms with Gasteiger partial charge in [0.05, 0.1) is 17.5 Å². The van der Waals surface area contributed by atoms with Gasteiger partial charge < -0.3 is 5.11 Å². The Hall–Kier alpha value is -2.43. The molecule has 140 valence electrons. The molecule has 1 aliphatic rings. The lowest BCUT2D eigenvalue weighted by molar-refractivity contribution is -0.0277. The van der Waals surface area contributed by atoms with E-state index in [1.807, 2.05) is 23.0 Å². The van der Waals surface area contributed by atoms with Crippen LogP contribution in [-0.4, -0.2) is 32.9 Å². The molecule has 0 amide bonds. The standard InChI is InChI=1S/C23H27N3O/c1-18-6-8-22(9-7-18)26-17-20(15-24-26)16-25-12-10-23(27,11-13-25)21-5-3-4-19(2)14-21/h3-9,14-15,17,27H,10-13,16H2,1-2H3. The van der Waals surface area contributed by atoms with E-state index in [2.05, 4.69) is 66.4 Å². The van der Waals surface area contributed by atoms with E-state index in [9.17, 15) is 5.11 Å². The lowest BCUT2D eigenvalue weighted by atomic mass is 9.84. The first-order valence-electron chi connectivity index (χ1n) is 9.64. The number of aliphatic hydroxyl groups is 1. The molecule has 0 saturated carbocycles. The SMILES string of the molecule is Cc1ccc(-n2cc(CN3CCC(O)(c4cccc(C)c4)CC3)cn2)cc1. The number of nitrogens with zero attached hydrogens (tertiary/aromatic N) is 3. The number of hydrogen-bond acceptors (Lipinski definition) is 3. The number of aryl methyl sites for hydroxylation is 2. The van der Waals surface area contributed by atoms with E-state index in [-0.39, 0.29) is 0 Å². The Morgan fingerprint density at radius 1 is 1.00 bits per heavy atom. The maximum absolute atomic E-state index is 11.1. The van der Waals surface area contributed by atoms with Crippen LogP contribution in [0.1, 0.15) is 35.1 Å². The summed E-state index contributed by atoms with van der Waals surface area (Å²) in [5.41, 5.74) is 5.09. The zero-order valence-electron chi connectivity index (χ0n) is 16.1. The van der Waals surface area contributed by atoms with Crippen molar-refractivity contribution >= 4 is 0 Å². The molecule has 0 aliphatic carbocycles. The third-order valence-corrected chi connectivity index (χ3v) is 5.58. The Bertz CT molecular complexity index is 905. The fraction of sp³-hybridized carbons (Fsp3) is 0.348. The van der Waals surface area contributed by atoms with Crippen molar-refractivity contribution in [2.45, 2.75) is 38.8 Å². The summed E-state index contributed by atoms with van der Waals surface area (Å²) >= 11 is 0. The predicted molar refractivity (Wildman–Crippen MR) is 108 cm³/mol. The molecule has 1 N–H and O–H groups in total. The number of piperidine rings is 1. The molecular weight excluding hydrogens is 334 g/mol. The van der Waals surface area contributed by atoms with E-state index < -0.39 is 5.60 Å². The molecule has 1 fully saturated rings. The summed E-state index contributed by atoms with van der Waals surface area (Å²) in [6, 6.07) is 16.7. The molecule has 0 atom stereocenters. The summed E-state index contributed by atoms with van der Waals surface area (Å²) in [5.74, 6) is 0. The van der Waals surface area contributed by atoms with Gasteiger partial charge in [-0.15, -0.1) is 0 Å². The third-order valence-electron chi connectivity index (χ3n) is 5.58. The van der Waals surface area contributed by atoms with Gasteiger partial charge in [0, 0.05) is 31.4 Å². The Morgan fingerprint density at radius 2 is 1.74 bits per heavy atom. The summed E-state index contributed by atoms with van der Waals surface area (Å²) in [6.45, 7) is 6.82. The quantitative estimate of drug-likeness (QED) is 0.764. The minimum atomic E-state index is -0.700. The van der Waals surface area contributed by atoms with Crippen molar-refractivity contribution in [3.8, 4) is 5.69 Å². The summed E-state index contributed by atoms with van der Waals surface area (Å²) in [4.78, 5) is 2.40. The normalized spacial score (nSPS) is 17.1. The Labute approximate surface area is 161 Å². The fourth-order valence-electron chi connectivity index (χ4n) is 3.84. The molecule has 4 nitrogen and oxygen atoms in total. The van der Waals surface area contributed by atoms with Gasteiger partial charge in [0.2, 0.25) is 0 Å². The van der Waals surface area contributed by atoms with Gasteiger partial charge in [-0.05, 0) is 44.4 Å². The first-order valence-corrected chi connectivity index (χ1v) is 9.64. The van der Waals surface area contributed by atoms with Crippen LogP contribution in [0.25, 0.3) is 5.69 Å². The highest BCUT2D eigenvalue weighted by Crippen LogP contribution is 2.33. The van der Waals surface area contributed by atoms with E-state index in [1.54, 1.807) is 0 Å². The van der Waals surface area contributed by atoms with Crippen LogP contribution in [0.15, 0.2) is 60.9 Å². The zero-order valence-corrected chi connectivity index (χ0v) is 16.1. The van der Waals surface area contributed by atoms with Crippen LogP contribution >= 0.6 is 0 Å². The van der Waals surface area contributed by atoms with E-state index >= 15 is 0 Å². The van der Waals surface area contributed by atoms with Crippen LogP contribution in [0.3, 0.4) is 0 Å². The van der Waals surface area contributed by atoms with Gasteiger partial charge in [0.15, 0.2) is 0 Å². The maximum atomic E-state index is 11.1. The number of likely N-dealkylation sites (tertiary alicyclic amines) is 1. The van der Waals surface area contributed by atoms with E-state index in [0.29, 0.717) is 0 Å². The molecule has 1 aromatic heterocycles. The zero-order chi connectivity index (χ0) is 18.9. The summed E-state index contributed by atoms with van der Waals surface area (Å²) in [5, 5.41) is 15.6. The first-order chi connectivity index (χ1) is 13.0. The van der Waals surface area contributed by atoms with Crippen LogP contribution in [-0.2, 0) is 12.1 Å². The van der Waals surface area contributed by atoms with Crippen LogP contribution in [0, 0.1) is 13.8 Å². The van der Waals surface area contributed by atoms with Gasteiger partial charge >= 0.3 is 0 Å². The van der Waals surface area contributed by atoms with E-state index in [0.717, 1.165) is 43.7 Å². The van der Waals surface area contributed by atoms with Crippen molar-refractivity contribution in [1.82, 2.24) is 14.7 Å². The average Bonchev–Trinajstić information content (AvgIpc) is 3.13. The summed E-state index contributed by atoms with van der Waals surface area (Å²) < 4.78 is 1.93. The highest BCUT2D eigenvalue weighted by Gasteiger charge is 2.33. The average molecular weight is 361 g/mol. The highest BCUT2D eigenvalue weighted by atomic mass is 16.3. The molecule has 4 rings (SSSR count). The first kappa shape index (κ1) is 18.0. The molecule has 3 aromatic rings. The van der Waals surface area contributed by atoms with Crippen molar-refractivity contribution in [1.29, 1.82) is 0 Å². The molecule has 4 heteroatoms. The van der Waals surface area contributed by atoms with E-state index in [1.165, 1.54) is 16.7 Å². The second-order valence-corrected chi connectivity index (χ2v) is 7.81. The molecule has 0 bridgehead atoms. The van der Waals surface area contributed by atoms with Crippen molar-refractivity contribution in [2.24, 2.45) is 0 Å². The van der Waals surface area contributed by atoms with Crippen molar-refractivity contribution < 1.29 is 5.11 Å². The minimum Gasteiger partial charge on any atom is -0.385 e. The molecule has 0 radical (unpaired) electrons. The minimum absolute atomic E-state index is 0.700. The van der Waals surface area contributed by atoms with Crippen molar-refractivity contribution in [3.63, 3.8) is 0 Å². The van der Waals surface area contributed by atoms with Gasteiger partial charge in [-0.3, -0.25) is 4.90 Å². The topological polar surface area (TPSA) is 41.3 Å². The molecule has 0 spiro atoms. The second-order valence-electron chi connectivity index (χ2n) is 7.81. The van der Waals surface area contributed by atoms with Crippen LogP contribution in [0.4, 0.5) is 0 Å². The Morgan fingerprint density at radius 3 is 2.44 bits per heavy atom. The predicted octanol–water partition coefficient (Wildman–Crippen LogP) is 3.97. The van der Waals surface area contributed by atoms with Crippen LogP contribution < -0.4 is 0 Å². The molecule has 1 saturated heterocycles. The monoisotopic (exact) mass is 361 g/mol. The lowest BCUT2D eigenvalue weighted by Crippen LogP contribution is -2.42. The van der Waals surface area contributed by atoms with Crippen LogP contribution in [0.2, 0.25) is 0 Å². The molecule has 0 unspecified atom stereocenters. The van der Waals surface area contributed by atoms with Gasteiger partial charge in [-0.2, -0.15) is 5.10 Å². The lowest BCUT2D eigenvalue weighted by Gasteiger charge is -2.38. The number of aromatic nitrogens is 2. The van der Waals surface area contributed by atoms with E-state index in [4.69, 9.17) is 0 Å². The van der Waals surface area contributed by atoms with Gasteiger partial charge in [0.25, 0.3) is 0 Å². The van der Waals surface area contributed by atoms with Crippen LogP contribution in [0.5, 0.6) is 0 Å². The number of benzene rings is 2. The van der Waals surface area contributed by atoms with Gasteiger partial charge in [-0.1, -0.05) is 47.5 Å². The van der Waals surface area contributed by atoms with Crippen molar-refractivity contribution in [3.05, 3.63) is 83.2 Å². The smallest absolute Gasteiger partial charge is 0.0921 e. The third kappa shape index (κ3) is 3.97. The Balaban J connectivity index is 1.39. The molecule has 1 aliphatic heterocycles. The second kappa shape index (κ2) is 7.29. The van der Waals surface area contributed by atoms with Gasteiger partial charge in [-0.25, -0.2) is 4.68 Å². The summed E-state index contributed by atoms with van der Waals surface area (Å²) in [6.07, 6.45) is 5.58. The Kier molecular flexibility index (Phi) is 4.85. The molecule has 27 heavy (non-hydrogen) atoms. The summed E-state index contributed by atoms with van der Waals surface area (Å²) in [7, 11) is 0. The largest absolute Gasteiger partial charge is 0.385 e.